The number of hydrogen-bond donors (Lipinski definition) is 0. The fraction of sp³-hybridized carbons (Fsp3) is 0.857. The highest BCUT2D eigenvalue weighted by molar-refractivity contribution is 5.78. The van der Waals surface area contributed by atoms with Crippen LogP contribution in [0, 0.1) is 5.41 Å². The van der Waals surface area contributed by atoms with Crippen molar-refractivity contribution in [2.45, 2.75) is 47.0 Å². The van der Waals surface area contributed by atoms with Crippen LogP contribution in [0.1, 0.15) is 47.0 Å². The van der Waals surface area contributed by atoms with Crippen molar-refractivity contribution in [3.8, 4) is 0 Å². The largest absolute Gasteiger partial charge is 0.341 e. The van der Waals surface area contributed by atoms with Crippen LogP contribution in [0.3, 0.4) is 0 Å². The average molecular weight is 254 g/mol. The van der Waals surface area contributed by atoms with E-state index < -0.39 is 0 Å². The summed E-state index contributed by atoms with van der Waals surface area (Å²) in [5, 5.41) is 0. The second-order valence-electron chi connectivity index (χ2n) is 6.21. The fourth-order valence-corrected chi connectivity index (χ4v) is 2.21. The zero-order valence-corrected chi connectivity index (χ0v) is 12.2. The molecule has 0 aromatic carbocycles. The predicted octanol–water partition coefficient (Wildman–Crippen LogP) is 1.89. The Kier molecular flexibility index (Phi) is 5.17. The van der Waals surface area contributed by atoms with Crippen molar-refractivity contribution >= 4 is 11.8 Å². The molecular weight excluding hydrogens is 228 g/mol. The molecule has 104 valence electrons. The summed E-state index contributed by atoms with van der Waals surface area (Å²) in [5.41, 5.74) is 0.0301. The van der Waals surface area contributed by atoms with Gasteiger partial charge in [-0.2, -0.15) is 0 Å². The van der Waals surface area contributed by atoms with Crippen molar-refractivity contribution in [3.63, 3.8) is 0 Å². The van der Waals surface area contributed by atoms with E-state index in [2.05, 4.69) is 20.8 Å². The Labute approximate surface area is 110 Å². The summed E-state index contributed by atoms with van der Waals surface area (Å²) >= 11 is 0. The van der Waals surface area contributed by atoms with Gasteiger partial charge in [0.05, 0.1) is 0 Å². The lowest BCUT2D eigenvalue weighted by molar-refractivity contribution is -0.134. The lowest BCUT2D eigenvalue weighted by Gasteiger charge is -2.25. The van der Waals surface area contributed by atoms with E-state index in [0.717, 1.165) is 19.5 Å². The Balaban J connectivity index is 2.51. The molecule has 0 aromatic heterocycles. The summed E-state index contributed by atoms with van der Waals surface area (Å²) in [7, 11) is 0. The number of carbonyl (C=O) groups is 2. The lowest BCUT2D eigenvalue weighted by Crippen LogP contribution is -2.38. The van der Waals surface area contributed by atoms with Crippen molar-refractivity contribution in [2.75, 3.05) is 26.2 Å². The second kappa shape index (κ2) is 6.21. The quantitative estimate of drug-likeness (QED) is 0.755. The van der Waals surface area contributed by atoms with E-state index in [1.807, 2.05) is 16.7 Å². The third-order valence-corrected chi connectivity index (χ3v) is 3.19. The van der Waals surface area contributed by atoms with E-state index in [4.69, 9.17) is 0 Å². The van der Waals surface area contributed by atoms with Crippen LogP contribution in [0.5, 0.6) is 0 Å². The molecule has 0 spiro atoms. The molecule has 4 heteroatoms. The van der Waals surface area contributed by atoms with Gasteiger partial charge in [-0.1, -0.05) is 27.7 Å². The van der Waals surface area contributed by atoms with Crippen LogP contribution in [0.2, 0.25) is 0 Å². The average Bonchev–Trinajstić information content (AvgIpc) is 2.51. The third kappa shape index (κ3) is 4.67. The van der Waals surface area contributed by atoms with Crippen LogP contribution in [0.4, 0.5) is 0 Å². The molecule has 0 radical (unpaired) electrons. The minimum atomic E-state index is 0.0301. The zero-order chi connectivity index (χ0) is 13.8. The van der Waals surface area contributed by atoms with Crippen LogP contribution >= 0.6 is 0 Å². The molecule has 18 heavy (non-hydrogen) atoms. The summed E-state index contributed by atoms with van der Waals surface area (Å²) < 4.78 is 0. The second-order valence-corrected chi connectivity index (χ2v) is 6.21. The van der Waals surface area contributed by atoms with Crippen LogP contribution in [0.15, 0.2) is 0 Å². The van der Waals surface area contributed by atoms with Crippen molar-refractivity contribution in [3.05, 3.63) is 0 Å². The van der Waals surface area contributed by atoms with Crippen LogP contribution in [-0.4, -0.2) is 47.8 Å². The Morgan fingerprint density at radius 1 is 0.944 bits per heavy atom. The molecule has 1 aliphatic rings. The van der Waals surface area contributed by atoms with E-state index in [0.29, 0.717) is 25.9 Å². The molecule has 0 saturated carbocycles. The number of hydrogen-bond acceptors (Lipinski definition) is 2. The molecule has 4 nitrogen and oxygen atoms in total. The molecule has 0 bridgehead atoms. The summed E-state index contributed by atoms with van der Waals surface area (Å²) in [5.74, 6) is 0.411. The molecule has 1 saturated heterocycles. The van der Waals surface area contributed by atoms with Gasteiger partial charge in [-0.3, -0.25) is 9.59 Å². The molecule has 0 aromatic rings. The van der Waals surface area contributed by atoms with Crippen LogP contribution in [0.25, 0.3) is 0 Å². The number of nitrogens with zero attached hydrogens (tertiary/aromatic N) is 2. The predicted molar refractivity (Wildman–Crippen MR) is 72.1 cm³/mol. The Morgan fingerprint density at radius 3 is 1.89 bits per heavy atom. The minimum Gasteiger partial charge on any atom is -0.341 e. The zero-order valence-electron chi connectivity index (χ0n) is 12.2. The summed E-state index contributed by atoms with van der Waals surface area (Å²) in [6, 6.07) is 0. The summed E-state index contributed by atoms with van der Waals surface area (Å²) in [6.07, 6.45) is 2.02. The highest BCUT2D eigenvalue weighted by Gasteiger charge is 2.24. The highest BCUT2D eigenvalue weighted by atomic mass is 16.2. The Bertz CT molecular complexity index is 307. The fourth-order valence-electron chi connectivity index (χ4n) is 2.21. The first-order valence-electron chi connectivity index (χ1n) is 6.89. The van der Waals surface area contributed by atoms with Gasteiger partial charge in [0.2, 0.25) is 11.8 Å². The minimum absolute atomic E-state index is 0.0301. The van der Waals surface area contributed by atoms with Gasteiger partial charge in [-0.25, -0.2) is 0 Å². The standard InChI is InChI=1S/C14H26N2O2/c1-5-12(17)15-7-6-8-16(10-9-15)13(18)11-14(2,3)4/h5-11H2,1-4H3. The molecule has 1 aliphatic heterocycles. The van der Waals surface area contributed by atoms with Gasteiger partial charge in [0.15, 0.2) is 0 Å². The lowest BCUT2D eigenvalue weighted by atomic mass is 9.91. The van der Waals surface area contributed by atoms with Crippen molar-refractivity contribution in [1.29, 1.82) is 0 Å². The van der Waals surface area contributed by atoms with Gasteiger partial charge >= 0.3 is 0 Å². The SMILES string of the molecule is CCC(=O)N1CCCN(C(=O)CC(C)(C)C)CC1. The first-order chi connectivity index (χ1) is 8.33. The first kappa shape index (κ1) is 15.0. The van der Waals surface area contributed by atoms with Crippen LogP contribution < -0.4 is 0 Å². The van der Waals surface area contributed by atoms with E-state index in [1.54, 1.807) is 0 Å². The molecule has 2 amide bonds. The molecule has 0 N–H and O–H groups in total. The summed E-state index contributed by atoms with van der Waals surface area (Å²) in [4.78, 5) is 27.6. The van der Waals surface area contributed by atoms with Crippen molar-refractivity contribution in [2.24, 2.45) is 5.41 Å². The van der Waals surface area contributed by atoms with Gasteiger partial charge in [-0.15, -0.1) is 0 Å². The van der Waals surface area contributed by atoms with E-state index in [9.17, 15) is 9.59 Å². The van der Waals surface area contributed by atoms with Crippen LogP contribution in [-0.2, 0) is 9.59 Å². The molecule has 0 atom stereocenters. The maximum atomic E-state index is 12.1. The van der Waals surface area contributed by atoms with Gasteiger partial charge in [0, 0.05) is 39.0 Å². The molecule has 1 heterocycles. The van der Waals surface area contributed by atoms with E-state index >= 15 is 0 Å². The monoisotopic (exact) mass is 254 g/mol. The maximum Gasteiger partial charge on any atom is 0.223 e. The van der Waals surface area contributed by atoms with E-state index in [1.165, 1.54) is 0 Å². The number of amides is 2. The topological polar surface area (TPSA) is 40.6 Å². The van der Waals surface area contributed by atoms with Gasteiger partial charge < -0.3 is 9.80 Å². The van der Waals surface area contributed by atoms with Crippen molar-refractivity contribution in [1.82, 2.24) is 9.80 Å². The highest BCUT2D eigenvalue weighted by Crippen LogP contribution is 2.20. The van der Waals surface area contributed by atoms with E-state index in [-0.39, 0.29) is 17.2 Å². The molecule has 1 fully saturated rings. The third-order valence-electron chi connectivity index (χ3n) is 3.19. The Morgan fingerprint density at radius 2 is 1.44 bits per heavy atom. The maximum absolute atomic E-state index is 12.1. The molecule has 0 unspecified atom stereocenters. The normalized spacial score (nSPS) is 17.6. The Hall–Kier alpha value is -1.06. The number of carbonyl (C=O) groups excluding carboxylic acids is 2. The number of rotatable bonds is 2. The molecule has 0 aliphatic carbocycles. The van der Waals surface area contributed by atoms with Crippen molar-refractivity contribution < 1.29 is 9.59 Å². The molecular formula is C14H26N2O2. The van der Waals surface area contributed by atoms with Gasteiger partial charge in [0.1, 0.15) is 0 Å². The van der Waals surface area contributed by atoms with Gasteiger partial charge in [0.25, 0.3) is 0 Å². The molecule has 1 rings (SSSR count). The smallest absolute Gasteiger partial charge is 0.223 e. The summed E-state index contributed by atoms with van der Waals surface area (Å²) in [6.45, 7) is 11.0. The van der Waals surface area contributed by atoms with Gasteiger partial charge in [-0.05, 0) is 11.8 Å². The first-order valence-corrected chi connectivity index (χ1v) is 6.89.